The molecule has 0 bridgehead atoms. The predicted molar refractivity (Wildman–Crippen MR) is 153 cm³/mol. The van der Waals surface area contributed by atoms with Crippen LogP contribution in [0.2, 0.25) is 0 Å². The lowest BCUT2D eigenvalue weighted by atomic mass is 10.0. The molecule has 34 heavy (non-hydrogen) atoms. The molecular weight excluding hydrogens is 432 g/mol. The van der Waals surface area contributed by atoms with Gasteiger partial charge in [0.05, 0.1) is 6.61 Å². The minimum Gasteiger partial charge on any atom is -0.494 e. The third-order valence-electron chi connectivity index (χ3n) is 6.72. The summed E-state index contributed by atoms with van der Waals surface area (Å²) in [6.45, 7) is 3.14. The summed E-state index contributed by atoms with van der Waals surface area (Å²) in [5.41, 5.74) is 1.41. The standard InChI is InChI=1S/C32H51OS/c1-3-4-5-6-7-8-9-10-11-12-13-14-15-16-17-21-28-33-31-24-26-32(27-25-31)34(2)29-30-22-19-18-20-23-30/h18-20,22-27H,3-17,21,28-29H2,1-2H3/q+1. The molecule has 0 saturated heterocycles. The third-order valence-corrected chi connectivity index (χ3v) is 8.56. The molecule has 2 heteroatoms. The summed E-state index contributed by atoms with van der Waals surface area (Å²) in [4.78, 5) is 1.42. The van der Waals surface area contributed by atoms with Gasteiger partial charge in [0, 0.05) is 16.5 Å². The van der Waals surface area contributed by atoms with Gasteiger partial charge in [-0.3, -0.25) is 0 Å². The number of hydrogen-bond donors (Lipinski definition) is 0. The van der Waals surface area contributed by atoms with Crippen LogP contribution in [0.15, 0.2) is 59.5 Å². The van der Waals surface area contributed by atoms with Crippen molar-refractivity contribution >= 4 is 10.9 Å². The Balaban J connectivity index is 1.38. The first kappa shape index (κ1) is 28.8. The van der Waals surface area contributed by atoms with Gasteiger partial charge in [0.2, 0.25) is 0 Å². The number of rotatable bonds is 21. The van der Waals surface area contributed by atoms with Crippen LogP contribution in [0.3, 0.4) is 0 Å². The van der Waals surface area contributed by atoms with Crippen LogP contribution in [0.25, 0.3) is 0 Å². The van der Waals surface area contributed by atoms with Gasteiger partial charge in [-0.25, -0.2) is 0 Å². The van der Waals surface area contributed by atoms with Crippen LogP contribution < -0.4 is 4.74 Å². The summed E-state index contributed by atoms with van der Waals surface area (Å²) in [5, 5.41) is 0. The van der Waals surface area contributed by atoms with Gasteiger partial charge >= 0.3 is 0 Å². The maximum atomic E-state index is 5.98. The fourth-order valence-corrected chi connectivity index (χ4v) is 5.98. The van der Waals surface area contributed by atoms with E-state index in [-0.39, 0.29) is 10.9 Å². The van der Waals surface area contributed by atoms with E-state index in [1.54, 1.807) is 0 Å². The fraction of sp³-hybridized carbons (Fsp3) is 0.625. The summed E-state index contributed by atoms with van der Waals surface area (Å²) >= 11 is 0. The molecular formula is C32H51OS+. The first-order chi connectivity index (χ1) is 16.8. The van der Waals surface area contributed by atoms with Crippen LogP contribution in [0.1, 0.15) is 115 Å². The number of hydrogen-bond acceptors (Lipinski definition) is 1. The molecule has 190 valence electrons. The Morgan fingerprint density at radius 3 is 1.53 bits per heavy atom. The van der Waals surface area contributed by atoms with Crippen molar-refractivity contribution < 1.29 is 4.74 Å². The fourth-order valence-electron chi connectivity index (χ4n) is 4.52. The normalized spacial score (nSPS) is 12.1. The van der Waals surface area contributed by atoms with E-state index >= 15 is 0 Å². The highest BCUT2D eigenvalue weighted by Crippen LogP contribution is 2.21. The van der Waals surface area contributed by atoms with Crippen molar-refractivity contribution in [2.24, 2.45) is 0 Å². The van der Waals surface area contributed by atoms with E-state index in [1.807, 2.05) is 0 Å². The number of ether oxygens (including phenoxy) is 1. The Kier molecular flexibility index (Phi) is 16.8. The molecule has 0 N–H and O–H groups in total. The van der Waals surface area contributed by atoms with Gasteiger partial charge in [0.15, 0.2) is 4.90 Å². The van der Waals surface area contributed by atoms with Crippen molar-refractivity contribution in [2.75, 3.05) is 12.9 Å². The van der Waals surface area contributed by atoms with Crippen LogP contribution in [-0.4, -0.2) is 12.9 Å². The Morgan fingerprint density at radius 1 is 0.559 bits per heavy atom. The van der Waals surface area contributed by atoms with Crippen LogP contribution in [0.4, 0.5) is 0 Å². The number of unbranched alkanes of at least 4 members (excludes halogenated alkanes) is 15. The lowest BCUT2D eigenvalue weighted by Crippen LogP contribution is -2.04. The zero-order chi connectivity index (χ0) is 24.1. The van der Waals surface area contributed by atoms with E-state index in [4.69, 9.17) is 4.74 Å². The Hall–Kier alpha value is -1.41. The van der Waals surface area contributed by atoms with Crippen molar-refractivity contribution in [3.8, 4) is 5.75 Å². The van der Waals surface area contributed by atoms with Gasteiger partial charge in [-0.1, -0.05) is 134 Å². The Bertz CT molecular complexity index is 697. The lowest BCUT2D eigenvalue weighted by Gasteiger charge is -2.08. The predicted octanol–water partition coefficient (Wildman–Crippen LogP) is 10.1. The van der Waals surface area contributed by atoms with Gasteiger partial charge in [0.1, 0.15) is 17.8 Å². The van der Waals surface area contributed by atoms with E-state index in [2.05, 4.69) is 67.8 Å². The smallest absolute Gasteiger partial charge is 0.155 e. The molecule has 0 saturated carbocycles. The van der Waals surface area contributed by atoms with Gasteiger partial charge in [-0.15, -0.1) is 0 Å². The quantitative estimate of drug-likeness (QED) is 0.127. The molecule has 0 aliphatic carbocycles. The van der Waals surface area contributed by atoms with Crippen molar-refractivity contribution in [3.05, 3.63) is 60.2 Å². The minimum absolute atomic E-state index is 0.233. The van der Waals surface area contributed by atoms with E-state index in [0.29, 0.717) is 0 Å². The lowest BCUT2D eigenvalue weighted by molar-refractivity contribution is 0.304. The summed E-state index contributed by atoms with van der Waals surface area (Å²) in [6.07, 6.45) is 24.8. The first-order valence-corrected chi connectivity index (χ1v) is 16.0. The van der Waals surface area contributed by atoms with Crippen LogP contribution in [-0.2, 0) is 16.6 Å². The van der Waals surface area contributed by atoms with Gasteiger partial charge in [0.25, 0.3) is 0 Å². The van der Waals surface area contributed by atoms with E-state index in [9.17, 15) is 0 Å². The van der Waals surface area contributed by atoms with E-state index < -0.39 is 0 Å². The van der Waals surface area contributed by atoms with Crippen LogP contribution >= 0.6 is 0 Å². The maximum Gasteiger partial charge on any atom is 0.155 e. The van der Waals surface area contributed by atoms with Gasteiger partial charge < -0.3 is 4.74 Å². The van der Waals surface area contributed by atoms with Crippen molar-refractivity contribution in [2.45, 2.75) is 120 Å². The van der Waals surface area contributed by atoms with Crippen molar-refractivity contribution in [1.82, 2.24) is 0 Å². The molecule has 0 amide bonds. The van der Waals surface area contributed by atoms with E-state index in [0.717, 1.165) is 18.1 Å². The monoisotopic (exact) mass is 483 g/mol. The zero-order valence-electron chi connectivity index (χ0n) is 22.2. The highest BCUT2D eigenvalue weighted by molar-refractivity contribution is 7.95. The molecule has 1 nitrogen and oxygen atoms in total. The molecule has 1 unspecified atom stereocenters. The molecule has 2 aromatic rings. The summed E-state index contributed by atoms with van der Waals surface area (Å²) in [7, 11) is 0.233. The second-order valence-electron chi connectivity index (χ2n) is 9.89. The second-order valence-corrected chi connectivity index (χ2v) is 11.9. The van der Waals surface area contributed by atoms with Crippen LogP contribution in [0, 0.1) is 0 Å². The van der Waals surface area contributed by atoms with Crippen molar-refractivity contribution in [3.63, 3.8) is 0 Å². The molecule has 1 atom stereocenters. The molecule has 0 spiro atoms. The zero-order valence-corrected chi connectivity index (χ0v) is 23.1. The molecule has 0 aromatic heterocycles. The highest BCUT2D eigenvalue weighted by atomic mass is 32.2. The maximum absolute atomic E-state index is 5.98. The number of benzene rings is 2. The molecule has 0 aliphatic rings. The Morgan fingerprint density at radius 2 is 1.03 bits per heavy atom. The van der Waals surface area contributed by atoms with Crippen LogP contribution in [0.5, 0.6) is 5.75 Å². The molecule has 0 heterocycles. The van der Waals surface area contributed by atoms with E-state index in [1.165, 1.54) is 113 Å². The van der Waals surface area contributed by atoms with Gasteiger partial charge in [-0.2, -0.15) is 0 Å². The molecule has 0 aliphatic heterocycles. The summed E-state index contributed by atoms with van der Waals surface area (Å²) < 4.78 is 5.98. The SMILES string of the molecule is CCCCCCCCCCCCCCCCCCOc1ccc([S+](C)Cc2ccccc2)cc1. The first-order valence-electron chi connectivity index (χ1n) is 14.2. The van der Waals surface area contributed by atoms with Crippen molar-refractivity contribution in [1.29, 1.82) is 0 Å². The third kappa shape index (κ3) is 14.1. The molecule has 2 aromatic carbocycles. The molecule has 2 rings (SSSR count). The average Bonchev–Trinajstić information content (AvgIpc) is 2.87. The molecule has 0 radical (unpaired) electrons. The highest BCUT2D eigenvalue weighted by Gasteiger charge is 2.16. The average molecular weight is 484 g/mol. The largest absolute Gasteiger partial charge is 0.494 e. The second kappa shape index (κ2) is 19.8. The minimum atomic E-state index is 0.233. The Labute approximate surface area is 214 Å². The summed E-state index contributed by atoms with van der Waals surface area (Å²) in [5.74, 6) is 2.13. The molecule has 0 fully saturated rings. The topological polar surface area (TPSA) is 9.23 Å². The summed E-state index contributed by atoms with van der Waals surface area (Å²) in [6, 6.07) is 19.6. The van der Waals surface area contributed by atoms with Gasteiger partial charge in [-0.05, 0) is 30.7 Å².